The van der Waals surface area contributed by atoms with E-state index in [0.29, 0.717) is 24.2 Å². The third kappa shape index (κ3) is 4.39. The maximum absolute atomic E-state index is 13.2. The Kier molecular flexibility index (Phi) is 4.71. The van der Waals surface area contributed by atoms with Crippen LogP contribution in [0.3, 0.4) is 0 Å². The van der Waals surface area contributed by atoms with Gasteiger partial charge in [-0.2, -0.15) is 4.98 Å². The molecule has 0 aliphatic heterocycles. The molecule has 0 unspecified atom stereocenters. The van der Waals surface area contributed by atoms with Gasteiger partial charge in [-0.05, 0) is 37.5 Å². The van der Waals surface area contributed by atoms with Crippen molar-refractivity contribution in [3.63, 3.8) is 0 Å². The number of aliphatic hydroxyl groups excluding tert-OH is 1. The third-order valence-corrected chi connectivity index (χ3v) is 3.75. The zero-order valence-electron chi connectivity index (χ0n) is 13.1. The number of aromatic nitrogens is 2. The van der Waals surface area contributed by atoms with Crippen LogP contribution in [0.5, 0.6) is 0 Å². The topological polar surface area (TPSA) is 70.1 Å². The summed E-state index contributed by atoms with van der Waals surface area (Å²) in [6.07, 6.45) is 2.30. The zero-order valence-corrected chi connectivity index (χ0v) is 13.1. The van der Waals surface area contributed by atoms with Crippen molar-refractivity contribution < 1.29 is 9.50 Å². The van der Waals surface area contributed by atoms with E-state index in [1.807, 2.05) is 19.1 Å². The van der Waals surface area contributed by atoms with E-state index in [1.165, 1.54) is 12.1 Å². The molecule has 6 heteroatoms. The lowest BCUT2D eigenvalue weighted by Gasteiger charge is -2.14. The second-order valence-corrected chi connectivity index (χ2v) is 5.99. The lowest BCUT2D eigenvalue weighted by atomic mass is 10.2. The van der Waals surface area contributed by atoms with Crippen LogP contribution in [-0.4, -0.2) is 27.7 Å². The van der Waals surface area contributed by atoms with Crippen LogP contribution in [-0.2, 0) is 6.54 Å². The van der Waals surface area contributed by atoms with Gasteiger partial charge in [0.1, 0.15) is 11.6 Å². The number of benzene rings is 1. The van der Waals surface area contributed by atoms with Crippen molar-refractivity contribution in [2.24, 2.45) is 0 Å². The molecule has 122 valence electrons. The first-order chi connectivity index (χ1) is 11.1. The van der Waals surface area contributed by atoms with Gasteiger partial charge in [-0.15, -0.1) is 0 Å². The molecule has 0 saturated heterocycles. The van der Waals surface area contributed by atoms with E-state index >= 15 is 0 Å². The van der Waals surface area contributed by atoms with E-state index in [2.05, 4.69) is 20.6 Å². The van der Waals surface area contributed by atoms with Crippen molar-refractivity contribution in [3.8, 4) is 0 Å². The highest BCUT2D eigenvalue weighted by atomic mass is 19.1. The standard InChI is InChI=1S/C17H21FN4O/c1-11(10-23)20-17-21-15(13-5-6-13)8-16(22-17)19-9-12-3-2-4-14(18)7-12/h2-4,7-8,11,13,23H,5-6,9-10H2,1H3,(H2,19,20,21,22)/t11-/m1/s1. The SMILES string of the molecule is C[C@H](CO)Nc1nc(NCc2cccc(F)c2)cc(C2CC2)n1. The summed E-state index contributed by atoms with van der Waals surface area (Å²) < 4.78 is 13.2. The first-order valence-electron chi connectivity index (χ1n) is 7.88. The first-order valence-corrected chi connectivity index (χ1v) is 7.88. The van der Waals surface area contributed by atoms with Gasteiger partial charge in [0.25, 0.3) is 0 Å². The maximum Gasteiger partial charge on any atom is 0.225 e. The Hall–Kier alpha value is -2.21. The van der Waals surface area contributed by atoms with E-state index in [1.54, 1.807) is 6.07 Å². The highest BCUT2D eigenvalue weighted by Gasteiger charge is 2.26. The fourth-order valence-electron chi connectivity index (χ4n) is 2.31. The number of nitrogens with one attached hydrogen (secondary N) is 2. The molecule has 1 atom stereocenters. The summed E-state index contributed by atoms with van der Waals surface area (Å²) >= 11 is 0. The van der Waals surface area contributed by atoms with Gasteiger partial charge < -0.3 is 15.7 Å². The van der Waals surface area contributed by atoms with Crippen molar-refractivity contribution in [1.82, 2.24) is 9.97 Å². The van der Waals surface area contributed by atoms with Gasteiger partial charge in [0.15, 0.2) is 0 Å². The number of nitrogens with zero attached hydrogens (tertiary/aromatic N) is 2. The van der Waals surface area contributed by atoms with Crippen molar-refractivity contribution in [2.45, 2.75) is 38.3 Å². The molecule has 2 aromatic rings. The minimum Gasteiger partial charge on any atom is -0.394 e. The van der Waals surface area contributed by atoms with E-state index < -0.39 is 0 Å². The molecule has 0 amide bonds. The minimum absolute atomic E-state index is 0.0169. The molecule has 0 spiro atoms. The van der Waals surface area contributed by atoms with E-state index in [0.717, 1.165) is 24.1 Å². The van der Waals surface area contributed by atoms with Gasteiger partial charge in [0.05, 0.1) is 12.3 Å². The summed E-state index contributed by atoms with van der Waals surface area (Å²) in [7, 11) is 0. The number of hydrogen-bond acceptors (Lipinski definition) is 5. The quantitative estimate of drug-likeness (QED) is 0.733. The molecule has 1 heterocycles. The molecule has 1 aliphatic carbocycles. The highest BCUT2D eigenvalue weighted by molar-refractivity contribution is 5.45. The van der Waals surface area contributed by atoms with Crippen molar-refractivity contribution in [1.29, 1.82) is 0 Å². The van der Waals surface area contributed by atoms with Crippen LogP contribution in [0.4, 0.5) is 16.2 Å². The van der Waals surface area contributed by atoms with Gasteiger partial charge in [0.2, 0.25) is 5.95 Å². The Morgan fingerprint density at radius 1 is 1.30 bits per heavy atom. The number of hydrogen-bond donors (Lipinski definition) is 3. The van der Waals surface area contributed by atoms with Crippen LogP contribution in [0.25, 0.3) is 0 Å². The lowest BCUT2D eigenvalue weighted by molar-refractivity contribution is 0.281. The molecular formula is C17H21FN4O. The largest absolute Gasteiger partial charge is 0.394 e. The summed E-state index contributed by atoms with van der Waals surface area (Å²) in [5.74, 6) is 1.47. The molecule has 23 heavy (non-hydrogen) atoms. The Morgan fingerprint density at radius 2 is 2.13 bits per heavy atom. The lowest BCUT2D eigenvalue weighted by Crippen LogP contribution is -2.21. The normalized spacial score (nSPS) is 15.3. The number of anilines is 2. The van der Waals surface area contributed by atoms with Gasteiger partial charge in [-0.3, -0.25) is 0 Å². The molecule has 1 aromatic carbocycles. The predicted molar refractivity (Wildman–Crippen MR) is 87.9 cm³/mol. The third-order valence-electron chi connectivity index (χ3n) is 3.75. The monoisotopic (exact) mass is 316 g/mol. The van der Waals surface area contributed by atoms with E-state index in [9.17, 15) is 4.39 Å². The average molecular weight is 316 g/mol. The van der Waals surface area contributed by atoms with Crippen LogP contribution in [0.1, 0.15) is 36.9 Å². The van der Waals surface area contributed by atoms with Gasteiger partial charge in [-0.25, -0.2) is 9.37 Å². The summed E-state index contributed by atoms with van der Waals surface area (Å²) in [6.45, 7) is 2.38. The molecule has 5 nitrogen and oxygen atoms in total. The Morgan fingerprint density at radius 3 is 2.83 bits per heavy atom. The van der Waals surface area contributed by atoms with Crippen LogP contribution < -0.4 is 10.6 Å². The van der Waals surface area contributed by atoms with Crippen LogP contribution in [0.15, 0.2) is 30.3 Å². The van der Waals surface area contributed by atoms with E-state index in [4.69, 9.17) is 5.11 Å². The molecule has 3 rings (SSSR count). The zero-order chi connectivity index (χ0) is 16.2. The second kappa shape index (κ2) is 6.91. The van der Waals surface area contributed by atoms with E-state index in [-0.39, 0.29) is 18.5 Å². The molecule has 0 bridgehead atoms. The van der Waals surface area contributed by atoms with Crippen LogP contribution in [0.2, 0.25) is 0 Å². The molecule has 1 saturated carbocycles. The highest BCUT2D eigenvalue weighted by Crippen LogP contribution is 2.39. The van der Waals surface area contributed by atoms with Crippen molar-refractivity contribution >= 4 is 11.8 Å². The Balaban J connectivity index is 1.74. The van der Waals surface area contributed by atoms with Crippen molar-refractivity contribution in [2.75, 3.05) is 17.2 Å². The number of aliphatic hydroxyl groups is 1. The van der Waals surface area contributed by atoms with Crippen molar-refractivity contribution in [3.05, 3.63) is 47.4 Å². The minimum atomic E-state index is -0.246. The predicted octanol–water partition coefficient (Wildman–Crippen LogP) is 2.90. The maximum atomic E-state index is 13.2. The first kappa shape index (κ1) is 15.7. The summed E-state index contributed by atoms with van der Waals surface area (Å²) in [5.41, 5.74) is 1.87. The Labute approximate surface area is 135 Å². The molecule has 1 aromatic heterocycles. The molecule has 3 N–H and O–H groups in total. The average Bonchev–Trinajstić information content (AvgIpc) is 3.37. The van der Waals surface area contributed by atoms with Crippen LogP contribution >= 0.6 is 0 Å². The molecular weight excluding hydrogens is 295 g/mol. The summed E-state index contributed by atoms with van der Waals surface area (Å²) in [6, 6.07) is 8.33. The number of rotatable bonds is 7. The number of halogens is 1. The molecule has 1 aliphatic rings. The summed E-state index contributed by atoms with van der Waals surface area (Å²) in [5, 5.41) is 15.5. The van der Waals surface area contributed by atoms with Gasteiger partial charge >= 0.3 is 0 Å². The second-order valence-electron chi connectivity index (χ2n) is 5.99. The summed E-state index contributed by atoms with van der Waals surface area (Å²) in [4.78, 5) is 8.95. The smallest absolute Gasteiger partial charge is 0.225 e. The Bertz CT molecular complexity index is 675. The molecule has 0 radical (unpaired) electrons. The van der Waals surface area contributed by atoms with Gasteiger partial charge in [-0.1, -0.05) is 12.1 Å². The molecule has 1 fully saturated rings. The fourth-order valence-corrected chi connectivity index (χ4v) is 2.31. The van der Waals surface area contributed by atoms with Gasteiger partial charge in [0, 0.05) is 24.6 Å². The fraction of sp³-hybridized carbons (Fsp3) is 0.412. The van der Waals surface area contributed by atoms with Crippen LogP contribution in [0, 0.1) is 5.82 Å².